The Morgan fingerprint density at radius 2 is 1.94 bits per heavy atom. The molecule has 0 bridgehead atoms. The molecule has 7 nitrogen and oxygen atoms in total. The standard InChI is InChI=1S/C24H36FN7/c1-4-5-6-11-20(25)17(2)28-24-31(3)21-16-27-23(29-18-9-7-8-10-18)30-22(21)32(24)19-12-14-26-15-13-19/h4-6,11,16,18-19,24,26,28H,7-10,12-15H2,1-3H3,(H,27,29,30)/b5-4-,11-6-,20-17-. The summed E-state index contributed by atoms with van der Waals surface area (Å²) in [4.78, 5) is 14.0. The van der Waals surface area contributed by atoms with E-state index in [9.17, 15) is 4.39 Å². The zero-order chi connectivity index (χ0) is 22.5. The van der Waals surface area contributed by atoms with Crippen molar-refractivity contribution in [3.05, 3.63) is 42.0 Å². The Morgan fingerprint density at radius 3 is 2.66 bits per heavy atom. The molecule has 1 atom stereocenters. The van der Waals surface area contributed by atoms with E-state index in [4.69, 9.17) is 4.98 Å². The molecule has 1 aromatic rings. The van der Waals surface area contributed by atoms with Gasteiger partial charge in [-0.05, 0) is 58.7 Å². The van der Waals surface area contributed by atoms with E-state index < -0.39 is 0 Å². The molecule has 32 heavy (non-hydrogen) atoms. The van der Waals surface area contributed by atoms with Gasteiger partial charge < -0.3 is 25.8 Å². The number of allylic oxidation sites excluding steroid dienone is 6. The molecule has 0 spiro atoms. The van der Waals surface area contributed by atoms with E-state index >= 15 is 0 Å². The van der Waals surface area contributed by atoms with Gasteiger partial charge >= 0.3 is 0 Å². The first-order chi connectivity index (χ1) is 15.6. The first-order valence-electron chi connectivity index (χ1n) is 11.9. The van der Waals surface area contributed by atoms with Crippen LogP contribution >= 0.6 is 0 Å². The van der Waals surface area contributed by atoms with Crippen LogP contribution in [0.3, 0.4) is 0 Å². The highest BCUT2D eigenvalue weighted by atomic mass is 19.1. The van der Waals surface area contributed by atoms with Crippen molar-refractivity contribution in [1.29, 1.82) is 0 Å². The Morgan fingerprint density at radius 1 is 1.19 bits per heavy atom. The topological polar surface area (TPSA) is 68.3 Å². The second-order valence-electron chi connectivity index (χ2n) is 8.90. The first kappa shape index (κ1) is 22.6. The van der Waals surface area contributed by atoms with Crippen LogP contribution in [-0.2, 0) is 0 Å². The maximum Gasteiger partial charge on any atom is 0.224 e. The molecule has 8 heteroatoms. The number of nitrogens with one attached hydrogen (secondary N) is 3. The van der Waals surface area contributed by atoms with E-state index in [0.29, 0.717) is 23.7 Å². The number of rotatable bonds is 7. The minimum absolute atomic E-state index is 0.218. The van der Waals surface area contributed by atoms with Crippen LogP contribution in [0.25, 0.3) is 0 Å². The Balaban J connectivity index is 1.62. The van der Waals surface area contributed by atoms with Crippen LogP contribution in [0, 0.1) is 0 Å². The fourth-order valence-corrected chi connectivity index (χ4v) is 4.82. The minimum Gasteiger partial charge on any atom is -0.351 e. The second-order valence-corrected chi connectivity index (χ2v) is 8.90. The molecule has 3 N–H and O–H groups in total. The molecule has 1 saturated heterocycles. The molecule has 3 heterocycles. The highest BCUT2D eigenvalue weighted by Crippen LogP contribution is 2.39. The van der Waals surface area contributed by atoms with Gasteiger partial charge in [-0.1, -0.05) is 31.1 Å². The molecule has 4 rings (SSSR count). The smallest absolute Gasteiger partial charge is 0.224 e. The van der Waals surface area contributed by atoms with E-state index in [0.717, 1.165) is 37.4 Å². The van der Waals surface area contributed by atoms with E-state index in [-0.39, 0.29) is 12.1 Å². The zero-order valence-corrected chi connectivity index (χ0v) is 19.4. The lowest BCUT2D eigenvalue weighted by molar-refractivity contribution is 0.387. The van der Waals surface area contributed by atoms with Crippen molar-refractivity contribution in [2.45, 2.75) is 70.7 Å². The van der Waals surface area contributed by atoms with Gasteiger partial charge in [-0.2, -0.15) is 4.98 Å². The van der Waals surface area contributed by atoms with Crippen molar-refractivity contribution in [3.8, 4) is 0 Å². The van der Waals surface area contributed by atoms with E-state index in [1.807, 2.05) is 32.3 Å². The predicted octanol–water partition coefficient (Wildman–Crippen LogP) is 4.05. The molecule has 1 aromatic heterocycles. The van der Waals surface area contributed by atoms with Gasteiger partial charge in [0, 0.05) is 24.8 Å². The Kier molecular flexibility index (Phi) is 7.29. The van der Waals surface area contributed by atoms with Crippen molar-refractivity contribution in [2.24, 2.45) is 0 Å². The third kappa shape index (κ3) is 4.90. The van der Waals surface area contributed by atoms with E-state index in [1.165, 1.54) is 31.8 Å². The van der Waals surface area contributed by atoms with Gasteiger partial charge in [-0.3, -0.25) is 0 Å². The molecule has 1 saturated carbocycles. The molecule has 3 aliphatic rings. The van der Waals surface area contributed by atoms with Crippen molar-refractivity contribution in [3.63, 3.8) is 0 Å². The van der Waals surface area contributed by atoms with Crippen LogP contribution < -0.4 is 25.8 Å². The summed E-state index contributed by atoms with van der Waals surface area (Å²) in [6.07, 6.45) is 15.5. The van der Waals surface area contributed by atoms with Gasteiger partial charge in [0.1, 0.15) is 11.5 Å². The SMILES string of the molecule is C\C=C/C=C\C(F)=C(/C)NC1N(C)c2cnc(NC3CCCC3)nc2N1C1CCNCC1. The largest absolute Gasteiger partial charge is 0.351 e. The van der Waals surface area contributed by atoms with Crippen LogP contribution in [0.5, 0.6) is 0 Å². The summed E-state index contributed by atoms with van der Waals surface area (Å²) >= 11 is 0. The lowest BCUT2D eigenvalue weighted by Gasteiger charge is -2.39. The molecule has 1 unspecified atom stereocenters. The highest BCUT2D eigenvalue weighted by molar-refractivity contribution is 5.74. The molecule has 2 fully saturated rings. The van der Waals surface area contributed by atoms with Crippen LogP contribution in [0.1, 0.15) is 52.4 Å². The maximum absolute atomic E-state index is 14.7. The van der Waals surface area contributed by atoms with Crippen molar-refractivity contribution in [1.82, 2.24) is 20.6 Å². The molecule has 174 valence electrons. The fraction of sp³-hybridized carbons (Fsp3) is 0.583. The quantitative estimate of drug-likeness (QED) is 0.552. The van der Waals surface area contributed by atoms with Crippen LogP contribution in [0.2, 0.25) is 0 Å². The third-order valence-electron chi connectivity index (χ3n) is 6.65. The molecular weight excluding hydrogens is 405 g/mol. The Bertz CT molecular complexity index is 869. The summed E-state index contributed by atoms with van der Waals surface area (Å²) < 4.78 is 14.7. The van der Waals surface area contributed by atoms with Gasteiger partial charge in [0.05, 0.1) is 6.20 Å². The summed E-state index contributed by atoms with van der Waals surface area (Å²) in [7, 11) is 2.02. The highest BCUT2D eigenvalue weighted by Gasteiger charge is 2.40. The number of halogens is 1. The number of anilines is 3. The third-order valence-corrected chi connectivity index (χ3v) is 6.65. The second kappa shape index (κ2) is 10.3. The number of nitrogens with zero attached hydrogens (tertiary/aromatic N) is 4. The van der Waals surface area contributed by atoms with Crippen LogP contribution in [0.15, 0.2) is 42.0 Å². The number of piperidine rings is 1. The average Bonchev–Trinajstić information content (AvgIpc) is 3.41. The van der Waals surface area contributed by atoms with Crippen LogP contribution in [-0.4, -0.2) is 48.5 Å². The summed E-state index contributed by atoms with van der Waals surface area (Å²) in [5.74, 6) is 1.34. The van der Waals surface area contributed by atoms with Crippen molar-refractivity contribution in [2.75, 3.05) is 35.3 Å². The Labute approximate surface area is 190 Å². The molecule has 0 aromatic carbocycles. The van der Waals surface area contributed by atoms with Gasteiger partial charge in [-0.15, -0.1) is 0 Å². The maximum atomic E-state index is 14.7. The number of hydrogen-bond donors (Lipinski definition) is 3. The molecule has 1 aliphatic carbocycles. The van der Waals surface area contributed by atoms with Gasteiger partial charge in [0.25, 0.3) is 0 Å². The van der Waals surface area contributed by atoms with Gasteiger partial charge in [-0.25, -0.2) is 9.37 Å². The predicted molar refractivity (Wildman–Crippen MR) is 129 cm³/mol. The zero-order valence-electron chi connectivity index (χ0n) is 19.4. The molecular formula is C24H36FN7. The lowest BCUT2D eigenvalue weighted by atomic mass is 10.1. The first-order valence-corrected chi connectivity index (χ1v) is 11.9. The van der Waals surface area contributed by atoms with Gasteiger partial charge in [0.15, 0.2) is 12.1 Å². The van der Waals surface area contributed by atoms with Gasteiger partial charge in [0.2, 0.25) is 5.95 Å². The van der Waals surface area contributed by atoms with Crippen molar-refractivity contribution >= 4 is 17.5 Å². The number of fused-ring (bicyclic) bond motifs is 1. The summed E-state index contributed by atoms with van der Waals surface area (Å²) in [5.41, 5.74) is 1.47. The number of aromatic nitrogens is 2. The summed E-state index contributed by atoms with van der Waals surface area (Å²) in [6.45, 7) is 5.64. The Hall–Kier alpha value is -2.61. The van der Waals surface area contributed by atoms with E-state index in [2.05, 4.69) is 30.7 Å². The normalized spacial score (nSPS) is 23.3. The van der Waals surface area contributed by atoms with Crippen LogP contribution in [0.4, 0.5) is 21.8 Å². The molecule has 0 radical (unpaired) electrons. The lowest BCUT2D eigenvalue weighted by Crippen LogP contribution is -2.57. The summed E-state index contributed by atoms with van der Waals surface area (Å²) in [5, 5.41) is 10.4. The molecule has 0 amide bonds. The average molecular weight is 442 g/mol. The molecule has 2 aliphatic heterocycles. The van der Waals surface area contributed by atoms with Crippen molar-refractivity contribution < 1.29 is 4.39 Å². The number of hydrogen-bond acceptors (Lipinski definition) is 7. The van der Waals surface area contributed by atoms with E-state index in [1.54, 1.807) is 13.0 Å². The minimum atomic E-state index is -0.271. The fourth-order valence-electron chi connectivity index (χ4n) is 4.82. The summed E-state index contributed by atoms with van der Waals surface area (Å²) in [6, 6.07) is 0.776. The monoisotopic (exact) mass is 441 g/mol.